The molecule has 0 aliphatic heterocycles. The zero-order valence-corrected chi connectivity index (χ0v) is 15.7. The molecule has 0 saturated heterocycles. The minimum Gasteiger partial charge on any atom is -0.393 e. The normalized spacial score (nSPS) is 21.5. The fraction of sp³-hybridized carbons (Fsp3) is 0.632. The van der Waals surface area contributed by atoms with Gasteiger partial charge in [0.25, 0.3) is 0 Å². The topological polar surface area (TPSA) is 56.7 Å². The zero-order valence-electron chi connectivity index (χ0n) is 14.9. The van der Waals surface area contributed by atoms with Crippen LogP contribution >= 0.6 is 11.8 Å². The van der Waals surface area contributed by atoms with Gasteiger partial charge in [0, 0.05) is 24.1 Å². The smallest absolute Gasteiger partial charge is 0.191 e. The first-order chi connectivity index (χ1) is 11.7. The molecule has 1 fully saturated rings. The lowest BCUT2D eigenvalue weighted by atomic mass is 9.93. The highest BCUT2D eigenvalue weighted by atomic mass is 32.2. The molecule has 1 aromatic rings. The van der Waals surface area contributed by atoms with Gasteiger partial charge in [0.15, 0.2) is 5.96 Å². The number of aliphatic hydroxyl groups excluding tert-OH is 1. The Morgan fingerprint density at radius 3 is 2.58 bits per heavy atom. The lowest BCUT2D eigenvalue weighted by molar-refractivity contribution is 0.120. The quantitative estimate of drug-likeness (QED) is 0.402. The predicted molar refractivity (Wildman–Crippen MR) is 105 cm³/mol. The van der Waals surface area contributed by atoms with E-state index in [9.17, 15) is 5.11 Å². The van der Waals surface area contributed by atoms with Crippen molar-refractivity contribution in [3.63, 3.8) is 0 Å². The Kier molecular flexibility index (Phi) is 8.47. The van der Waals surface area contributed by atoms with Crippen LogP contribution in [0, 0.1) is 6.92 Å². The largest absolute Gasteiger partial charge is 0.393 e. The van der Waals surface area contributed by atoms with Crippen LogP contribution in [0.2, 0.25) is 0 Å². The summed E-state index contributed by atoms with van der Waals surface area (Å²) in [5.74, 6) is 2.98. The second kappa shape index (κ2) is 10.6. The van der Waals surface area contributed by atoms with E-state index in [2.05, 4.69) is 53.7 Å². The fourth-order valence-electron chi connectivity index (χ4n) is 2.83. The molecular weight excluding hydrogens is 318 g/mol. The SMILES string of the molecule is CCNC(=NCCSCc1ccc(C)cc1)NC1CCC(O)CC1. The average Bonchev–Trinajstić information content (AvgIpc) is 2.58. The van der Waals surface area contributed by atoms with Gasteiger partial charge in [-0.3, -0.25) is 4.99 Å². The highest BCUT2D eigenvalue weighted by molar-refractivity contribution is 7.98. The monoisotopic (exact) mass is 349 g/mol. The van der Waals surface area contributed by atoms with Crippen molar-refractivity contribution in [2.45, 2.75) is 57.4 Å². The van der Waals surface area contributed by atoms with E-state index in [1.54, 1.807) is 0 Å². The van der Waals surface area contributed by atoms with Crippen molar-refractivity contribution >= 4 is 17.7 Å². The molecule has 1 aliphatic rings. The second-order valence-electron chi connectivity index (χ2n) is 6.45. The van der Waals surface area contributed by atoms with E-state index in [4.69, 9.17) is 0 Å². The van der Waals surface area contributed by atoms with E-state index < -0.39 is 0 Å². The molecule has 0 atom stereocenters. The van der Waals surface area contributed by atoms with Crippen LogP contribution in [0.25, 0.3) is 0 Å². The highest BCUT2D eigenvalue weighted by Crippen LogP contribution is 2.18. The summed E-state index contributed by atoms with van der Waals surface area (Å²) in [6, 6.07) is 9.18. The first kappa shape index (κ1) is 19.1. The van der Waals surface area contributed by atoms with Gasteiger partial charge in [-0.25, -0.2) is 0 Å². The number of hydrogen-bond acceptors (Lipinski definition) is 3. The van der Waals surface area contributed by atoms with Gasteiger partial charge in [-0.15, -0.1) is 0 Å². The Morgan fingerprint density at radius 2 is 1.92 bits per heavy atom. The maximum atomic E-state index is 9.60. The predicted octanol–water partition coefficient (Wildman–Crippen LogP) is 3.09. The number of aliphatic imine (C=N–C) groups is 1. The number of rotatable bonds is 7. The van der Waals surface area contributed by atoms with Crippen molar-refractivity contribution in [1.82, 2.24) is 10.6 Å². The highest BCUT2D eigenvalue weighted by Gasteiger charge is 2.19. The molecule has 0 aromatic heterocycles. The Hall–Kier alpha value is -1.20. The Labute approximate surface area is 150 Å². The van der Waals surface area contributed by atoms with Crippen LogP contribution < -0.4 is 10.6 Å². The molecule has 2 rings (SSSR count). The summed E-state index contributed by atoms with van der Waals surface area (Å²) in [5.41, 5.74) is 2.69. The summed E-state index contributed by atoms with van der Waals surface area (Å²) in [5, 5.41) is 16.4. The van der Waals surface area contributed by atoms with Gasteiger partial charge in [-0.05, 0) is 45.1 Å². The van der Waals surface area contributed by atoms with E-state index in [0.717, 1.165) is 56.2 Å². The molecule has 0 spiro atoms. The number of aryl methyl sites for hydroxylation is 1. The van der Waals surface area contributed by atoms with Crippen LogP contribution in [0.3, 0.4) is 0 Å². The molecule has 24 heavy (non-hydrogen) atoms. The molecule has 1 aromatic carbocycles. The third kappa shape index (κ3) is 7.14. The molecule has 0 radical (unpaired) electrons. The summed E-state index contributed by atoms with van der Waals surface area (Å²) >= 11 is 1.92. The van der Waals surface area contributed by atoms with Crippen molar-refractivity contribution in [2.75, 3.05) is 18.8 Å². The molecule has 5 heteroatoms. The van der Waals surface area contributed by atoms with Crippen LogP contribution in [0.4, 0.5) is 0 Å². The van der Waals surface area contributed by atoms with Crippen molar-refractivity contribution in [1.29, 1.82) is 0 Å². The van der Waals surface area contributed by atoms with Gasteiger partial charge < -0.3 is 15.7 Å². The number of nitrogens with one attached hydrogen (secondary N) is 2. The molecule has 0 amide bonds. The average molecular weight is 350 g/mol. The zero-order chi connectivity index (χ0) is 17.2. The van der Waals surface area contributed by atoms with E-state index in [1.807, 2.05) is 11.8 Å². The van der Waals surface area contributed by atoms with Crippen molar-refractivity contribution < 1.29 is 5.11 Å². The third-order valence-corrected chi connectivity index (χ3v) is 5.29. The second-order valence-corrected chi connectivity index (χ2v) is 7.55. The van der Waals surface area contributed by atoms with E-state index >= 15 is 0 Å². The Morgan fingerprint density at radius 1 is 1.21 bits per heavy atom. The summed E-state index contributed by atoms with van der Waals surface area (Å²) in [6.45, 7) is 5.90. The maximum Gasteiger partial charge on any atom is 0.191 e. The first-order valence-corrected chi connectivity index (χ1v) is 10.2. The molecule has 1 aliphatic carbocycles. The van der Waals surface area contributed by atoms with Crippen molar-refractivity contribution in [3.8, 4) is 0 Å². The van der Waals surface area contributed by atoms with Crippen molar-refractivity contribution in [2.24, 2.45) is 4.99 Å². The van der Waals surface area contributed by atoms with Gasteiger partial charge >= 0.3 is 0 Å². The summed E-state index contributed by atoms with van der Waals surface area (Å²) in [6.07, 6.45) is 3.72. The van der Waals surface area contributed by atoms with Gasteiger partial charge in [-0.2, -0.15) is 11.8 Å². The van der Waals surface area contributed by atoms with Crippen LogP contribution in [-0.4, -0.2) is 42.1 Å². The minimum absolute atomic E-state index is 0.110. The number of benzene rings is 1. The lowest BCUT2D eigenvalue weighted by Crippen LogP contribution is -2.45. The Bertz CT molecular complexity index is 496. The van der Waals surface area contributed by atoms with Crippen LogP contribution in [-0.2, 0) is 5.75 Å². The number of thioether (sulfide) groups is 1. The minimum atomic E-state index is -0.110. The molecule has 0 bridgehead atoms. The van der Waals surface area contributed by atoms with Crippen LogP contribution in [0.5, 0.6) is 0 Å². The first-order valence-electron chi connectivity index (χ1n) is 9.03. The standard InChI is InChI=1S/C19H31N3OS/c1-3-20-19(22-17-8-10-18(23)11-9-17)21-12-13-24-14-16-6-4-15(2)5-7-16/h4-7,17-18,23H,3,8-14H2,1-2H3,(H2,20,21,22). The molecule has 0 heterocycles. The molecule has 134 valence electrons. The maximum absolute atomic E-state index is 9.60. The van der Waals surface area contributed by atoms with Gasteiger partial charge in [0.1, 0.15) is 0 Å². The third-order valence-electron chi connectivity index (χ3n) is 4.28. The Balaban J connectivity index is 1.69. The molecule has 3 N–H and O–H groups in total. The van der Waals surface area contributed by atoms with Gasteiger partial charge in [0.2, 0.25) is 0 Å². The number of hydrogen-bond donors (Lipinski definition) is 3. The molecular formula is C19H31N3OS. The summed E-state index contributed by atoms with van der Waals surface area (Å²) in [7, 11) is 0. The number of aliphatic hydroxyl groups is 1. The van der Waals surface area contributed by atoms with Crippen LogP contribution in [0.15, 0.2) is 29.3 Å². The summed E-state index contributed by atoms with van der Waals surface area (Å²) in [4.78, 5) is 4.68. The number of nitrogens with zero attached hydrogens (tertiary/aromatic N) is 1. The molecule has 0 unspecified atom stereocenters. The van der Waals surface area contributed by atoms with E-state index in [0.29, 0.717) is 6.04 Å². The summed E-state index contributed by atoms with van der Waals surface area (Å²) < 4.78 is 0. The lowest BCUT2D eigenvalue weighted by Gasteiger charge is -2.27. The van der Waals surface area contributed by atoms with Crippen molar-refractivity contribution in [3.05, 3.63) is 35.4 Å². The molecule has 4 nitrogen and oxygen atoms in total. The van der Waals surface area contributed by atoms with E-state index in [-0.39, 0.29) is 6.10 Å². The van der Waals surface area contributed by atoms with Gasteiger partial charge in [0.05, 0.1) is 12.6 Å². The van der Waals surface area contributed by atoms with E-state index in [1.165, 1.54) is 11.1 Å². The number of guanidine groups is 1. The fourth-order valence-corrected chi connectivity index (χ4v) is 3.62. The van der Waals surface area contributed by atoms with Crippen LogP contribution in [0.1, 0.15) is 43.7 Å². The van der Waals surface area contributed by atoms with Gasteiger partial charge in [-0.1, -0.05) is 29.8 Å². The molecule has 1 saturated carbocycles.